The molecule has 6 nitrogen and oxygen atoms in total. The second kappa shape index (κ2) is 7.64. The number of amides is 1. The lowest BCUT2D eigenvalue weighted by Crippen LogP contribution is -2.50. The third kappa shape index (κ3) is 3.87. The van der Waals surface area contributed by atoms with Gasteiger partial charge in [0.15, 0.2) is 5.84 Å². The van der Waals surface area contributed by atoms with Crippen LogP contribution in [0.3, 0.4) is 0 Å². The Hall–Kier alpha value is -1.30. The van der Waals surface area contributed by atoms with Crippen LogP contribution in [0.4, 0.5) is 0 Å². The molecule has 1 unspecified atom stereocenters. The van der Waals surface area contributed by atoms with Crippen LogP contribution in [0.5, 0.6) is 0 Å². The van der Waals surface area contributed by atoms with E-state index in [1.807, 2.05) is 0 Å². The highest BCUT2D eigenvalue weighted by Gasteiger charge is 2.42. The third-order valence-corrected chi connectivity index (χ3v) is 4.85. The molecule has 2 fully saturated rings. The molecule has 1 heterocycles. The van der Waals surface area contributed by atoms with Crippen molar-refractivity contribution in [3.05, 3.63) is 0 Å². The minimum absolute atomic E-state index is 0.0612. The lowest BCUT2D eigenvalue weighted by Gasteiger charge is -2.30. The number of nitrogens with two attached hydrogens (primary N) is 1. The zero-order valence-corrected chi connectivity index (χ0v) is 12.6. The third-order valence-electron chi connectivity index (χ3n) is 4.85. The molecule has 1 aliphatic heterocycles. The summed E-state index contributed by atoms with van der Waals surface area (Å²) in [4.78, 5) is 12.6. The van der Waals surface area contributed by atoms with Crippen LogP contribution in [0.2, 0.25) is 0 Å². The van der Waals surface area contributed by atoms with Gasteiger partial charge >= 0.3 is 0 Å². The molecule has 120 valence electrons. The topological polar surface area (TPSA) is 96.9 Å². The molecule has 0 spiro atoms. The van der Waals surface area contributed by atoms with E-state index in [1.165, 1.54) is 0 Å². The molecular formula is C15H27N3O3. The Bertz CT molecular complexity index is 370. The first-order valence-electron chi connectivity index (χ1n) is 8.03. The summed E-state index contributed by atoms with van der Waals surface area (Å²) >= 11 is 0. The molecule has 0 aromatic heterocycles. The molecule has 1 saturated heterocycles. The van der Waals surface area contributed by atoms with Crippen molar-refractivity contribution in [3.8, 4) is 0 Å². The van der Waals surface area contributed by atoms with Crippen LogP contribution >= 0.6 is 0 Å². The number of nitrogens with zero attached hydrogens (tertiary/aromatic N) is 1. The molecule has 6 heteroatoms. The number of rotatable bonds is 5. The van der Waals surface area contributed by atoms with E-state index >= 15 is 0 Å². The zero-order chi connectivity index (χ0) is 15.1. The summed E-state index contributed by atoms with van der Waals surface area (Å²) in [7, 11) is 0. The molecule has 0 radical (unpaired) electrons. The predicted octanol–water partition coefficient (Wildman–Crippen LogP) is 1.62. The molecule has 21 heavy (non-hydrogen) atoms. The van der Waals surface area contributed by atoms with Gasteiger partial charge < -0.3 is 21.0 Å². The molecule has 2 rings (SSSR count). The van der Waals surface area contributed by atoms with Crippen molar-refractivity contribution in [2.75, 3.05) is 19.8 Å². The van der Waals surface area contributed by atoms with Gasteiger partial charge in [-0.05, 0) is 31.6 Å². The fourth-order valence-corrected chi connectivity index (χ4v) is 3.40. The van der Waals surface area contributed by atoms with Gasteiger partial charge in [-0.2, -0.15) is 0 Å². The van der Waals surface area contributed by atoms with E-state index in [-0.39, 0.29) is 11.7 Å². The van der Waals surface area contributed by atoms with E-state index in [0.29, 0.717) is 25.3 Å². The molecule has 0 aromatic carbocycles. The van der Waals surface area contributed by atoms with E-state index < -0.39 is 5.41 Å². The van der Waals surface area contributed by atoms with Gasteiger partial charge in [0, 0.05) is 19.8 Å². The summed E-state index contributed by atoms with van der Waals surface area (Å²) in [5, 5.41) is 15.2. The Kier molecular flexibility index (Phi) is 5.85. The maximum Gasteiger partial charge on any atom is 0.233 e. The standard InChI is InChI=1S/C15H27N3O3/c16-13(18-20)15(7-3-1-2-4-8-15)14(19)17-9-5-12-6-10-21-11-12/h12,20H,1-11H2,(H2,16,18)(H,17,19). The first-order valence-corrected chi connectivity index (χ1v) is 8.03. The maximum atomic E-state index is 12.6. The van der Waals surface area contributed by atoms with E-state index in [9.17, 15) is 4.79 Å². The Morgan fingerprint density at radius 3 is 2.62 bits per heavy atom. The molecule has 1 aliphatic carbocycles. The summed E-state index contributed by atoms with van der Waals surface area (Å²) < 4.78 is 5.34. The lowest BCUT2D eigenvalue weighted by atomic mass is 9.78. The predicted molar refractivity (Wildman–Crippen MR) is 80.1 cm³/mol. The minimum Gasteiger partial charge on any atom is -0.409 e. The van der Waals surface area contributed by atoms with Gasteiger partial charge in [-0.15, -0.1) is 0 Å². The molecular weight excluding hydrogens is 270 g/mol. The van der Waals surface area contributed by atoms with Gasteiger partial charge in [0.1, 0.15) is 5.41 Å². The highest BCUT2D eigenvalue weighted by Crippen LogP contribution is 2.35. The molecule has 0 bridgehead atoms. The van der Waals surface area contributed by atoms with E-state index in [2.05, 4.69) is 10.5 Å². The summed E-state index contributed by atoms with van der Waals surface area (Å²) in [6.45, 7) is 2.25. The van der Waals surface area contributed by atoms with Gasteiger partial charge in [0.2, 0.25) is 5.91 Å². The van der Waals surface area contributed by atoms with Gasteiger partial charge in [0.05, 0.1) is 0 Å². The number of hydrogen-bond donors (Lipinski definition) is 3. The van der Waals surface area contributed by atoms with Crippen molar-refractivity contribution in [1.29, 1.82) is 0 Å². The number of nitrogens with one attached hydrogen (secondary N) is 1. The van der Waals surface area contributed by atoms with Crippen molar-refractivity contribution in [3.63, 3.8) is 0 Å². The highest BCUT2D eigenvalue weighted by atomic mass is 16.5. The average Bonchev–Trinajstić information content (AvgIpc) is 2.88. The van der Waals surface area contributed by atoms with Crippen molar-refractivity contribution in [2.24, 2.45) is 22.2 Å². The highest BCUT2D eigenvalue weighted by molar-refractivity contribution is 6.06. The van der Waals surface area contributed by atoms with Crippen LogP contribution in [0.15, 0.2) is 5.16 Å². The number of oxime groups is 1. The first-order chi connectivity index (χ1) is 10.2. The molecule has 1 atom stereocenters. The lowest BCUT2D eigenvalue weighted by molar-refractivity contribution is -0.128. The summed E-state index contributed by atoms with van der Waals surface area (Å²) in [5.74, 6) is 0.518. The Morgan fingerprint density at radius 2 is 2.05 bits per heavy atom. The van der Waals surface area contributed by atoms with Gasteiger partial charge in [-0.1, -0.05) is 30.8 Å². The van der Waals surface area contributed by atoms with Crippen molar-refractivity contribution >= 4 is 11.7 Å². The molecule has 2 aliphatic rings. The van der Waals surface area contributed by atoms with Crippen LogP contribution in [-0.2, 0) is 9.53 Å². The Morgan fingerprint density at radius 1 is 1.33 bits per heavy atom. The van der Waals surface area contributed by atoms with E-state index in [4.69, 9.17) is 15.7 Å². The Balaban J connectivity index is 1.93. The smallest absolute Gasteiger partial charge is 0.233 e. The fourth-order valence-electron chi connectivity index (χ4n) is 3.40. The minimum atomic E-state index is -0.822. The van der Waals surface area contributed by atoms with Crippen molar-refractivity contribution in [2.45, 2.75) is 51.4 Å². The number of carbonyl (C=O) groups is 1. The zero-order valence-electron chi connectivity index (χ0n) is 12.6. The second-order valence-corrected chi connectivity index (χ2v) is 6.26. The van der Waals surface area contributed by atoms with Crippen molar-refractivity contribution < 1.29 is 14.7 Å². The van der Waals surface area contributed by atoms with Crippen LogP contribution in [0, 0.1) is 11.3 Å². The average molecular weight is 297 g/mol. The Labute approximate surface area is 126 Å². The maximum absolute atomic E-state index is 12.6. The summed E-state index contributed by atoms with van der Waals surface area (Å²) in [6.07, 6.45) is 7.43. The largest absolute Gasteiger partial charge is 0.409 e. The van der Waals surface area contributed by atoms with Gasteiger partial charge in [-0.3, -0.25) is 4.79 Å². The molecule has 0 aromatic rings. The SMILES string of the molecule is NC(=NO)C1(C(=O)NCCC2CCOC2)CCCCCC1. The number of amidine groups is 1. The second-order valence-electron chi connectivity index (χ2n) is 6.26. The quantitative estimate of drug-likeness (QED) is 0.236. The summed E-state index contributed by atoms with van der Waals surface area (Å²) in [6, 6.07) is 0. The molecule has 1 amide bonds. The number of hydrogen-bond acceptors (Lipinski definition) is 4. The first kappa shape index (κ1) is 16.1. The van der Waals surface area contributed by atoms with Gasteiger partial charge in [-0.25, -0.2) is 0 Å². The number of ether oxygens (including phenoxy) is 1. The normalized spacial score (nSPS) is 26.3. The fraction of sp³-hybridized carbons (Fsp3) is 0.867. The van der Waals surface area contributed by atoms with Crippen LogP contribution in [0.25, 0.3) is 0 Å². The number of carbonyl (C=O) groups excluding carboxylic acids is 1. The van der Waals surface area contributed by atoms with E-state index in [0.717, 1.165) is 51.7 Å². The van der Waals surface area contributed by atoms with Crippen LogP contribution < -0.4 is 11.1 Å². The van der Waals surface area contributed by atoms with Crippen molar-refractivity contribution in [1.82, 2.24) is 5.32 Å². The van der Waals surface area contributed by atoms with E-state index in [1.54, 1.807) is 0 Å². The molecule has 4 N–H and O–H groups in total. The van der Waals surface area contributed by atoms with Crippen LogP contribution in [-0.4, -0.2) is 36.7 Å². The monoisotopic (exact) mass is 297 g/mol. The molecule has 1 saturated carbocycles. The summed E-state index contributed by atoms with van der Waals surface area (Å²) in [5.41, 5.74) is 5.04. The van der Waals surface area contributed by atoms with Gasteiger partial charge in [0.25, 0.3) is 0 Å². The van der Waals surface area contributed by atoms with Crippen LogP contribution in [0.1, 0.15) is 51.4 Å².